The lowest BCUT2D eigenvalue weighted by molar-refractivity contribution is -0.113. The van der Waals surface area contributed by atoms with E-state index in [4.69, 9.17) is 9.47 Å². The highest BCUT2D eigenvalue weighted by Crippen LogP contribution is 2.37. The Bertz CT molecular complexity index is 1120. The van der Waals surface area contributed by atoms with Gasteiger partial charge >= 0.3 is 0 Å². The van der Waals surface area contributed by atoms with Gasteiger partial charge in [0, 0.05) is 23.4 Å². The Morgan fingerprint density at radius 3 is 2.09 bits per heavy atom. The second-order valence-corrected chi connectivity index (χ2v) is 8.55. The first-order valence-corrected chi connectivity index (χ1v) is 12.4. The summed E-state index contributed by atoms with van der Waals surface area (Å²) in [4.78, 5) is 25.3. The van der Waals surface area contributed by atoms with Crippen LogP contribution in [-0.2, 0) is 10.5 Å². The fraction of sp³-hybridized carbons (Fsp3) is 0.259. The van der Waals surface area contributed by atoms with E-state index in [0.717, 1.165) is 5.75 Å². The Kier molecular flexibility index (Phi) is 9.40. The molecule has 34 heavy (non-hydrogen) atoms. The normalized spacial score (nSPS) is 10.4. The van der Waals surface area contributed by atoms with E-state index in [-0.39, 0.29) is 11.8 Å². The van der Waals surface area contributed by atoms with Gasteiger partial charge < -0.3 is 20.1 Å². The van der Waals surface area contributed by atoms with Gasteiger partial charge in [0.05, 0.1) is 30.3 Å². The topological polar surface area (TPSA) is 76.7 Å². The third kappa shape index (κ3) is 7.28. The molecule has 0 unspecified atom stereocenters. The number of rotatable bonds is 11. The van der Waals surface area contributed by atoms with Crippen molar-refractivity contribution in [3.05, 3.63) is 83.4 Å². The second-order valence-electron chi connectivity index (χ2n) is 7.56. The number of carbonyl (C=O) groups is 2. The van der Waals surface area contributed by atoms with E-state index in [1.165, 1.54) is 11.1 Å². The maximum Gasteiger partial charge on any atom is 0.255 e. The number of anilines is 2. The Hall–Kier alpha value is -3.45. The van der Waals surface area contributed by atoms with E-state index in [9.17, 15) is 9.59 Å². The molecule has 3 rings (SSSR count). The second kappa shape index (κ2) is 12.7. The van der Waals surface area contributed by atoms with Gasteiger partial charge in [-0.2, -0.15) is 0 Å². The summed E-state index contributed by atoms with van der Waals surface area (Å²) in [7, 11) is 0. The molecule has 2 amide bonds. The molecule has 3 aromatic carbocycles. The van der Waals surface area contributed by atoms with Gasteiger partial charge in [0.25, 0.3) is 5.91 Å². The third-order valence-electron chi connectivity index (χ3n) is 4.82. The molecule has 0 aliphatic heterocycles. The molecule has 6 nitrogen and oxygen atoms in total. The number of carbonyl (C=O) groups excluding carboxylic acids is 2. The molecule has 0 saturated carbocycles. The van der Waals surface area contributed by atoms with Gasteiger partial charge in [-0.05, 0) is 38.5 Å². The molecular weight excluding hydrogens is 448 g/mol. The van der Waals surface area contributed by atoms with Crippen LogP contribution in [0.2, 0.25) is 0 Å². The van der Waals surface area contributed by atoms with Crippen LogP contribution in [0.25, 0.3) is 0 Å². The van der Waals surface area contributed by atoms with Crippen LogP contribution in [0.1, 0.15) is 35.3 Å². The van der Waals surface area contributed by atoms with Crippen molar-refractivity contribution in [1.29, 1.82) is 0 Å². The Labute approximate surface area is 205 Å². The van der Waals surface area contributed by atoms with Crippen molar-refractivity contribution in [3.8, 4) is 11.5 Å². The third-order valence-corrected chi connectivity index (χ3v) is 5.83. The standard InChI is InChI=1S/C27H30N2O4S/c1-4-32-24-16-23(29-27(31)21-12-7-6-8-13-21)25(33-5-2)15-22(24)28-26(30)18-34-17-20-11-9-10-19(3)14-20/h6-16H,4-5,17-18H2,1-3H3,(H,28,30)(H,29,31). The number of aryl methyl sites for hydroxylation is 1. The summed E-state index contributed by atoms with van der Waals surface area (Å²) in [6.07, 6.45) is 0. The number of ether oxygens (including phenoxy) is 2. The molecule has 0 saturated heterocycles. The lowest BCUT2D eigenvalue weighted by atomic mass is 10.2. The van der Waals surface area contributed by atoms with Gasteiger partial charge in [-0.3, -0.25) is 9.59 Å². The summed E-state index contributed by atoms with van der Waals surface area (Å²) >= 11 is 1.54. The van der Waals surface area contributed by atoms with Crippen LogP contribution >= 0.6 is 11.8 Å². The summed E-state index contributed by atoms with van der Waals surface area (Å²) in [5.41, 5.74) is 3.90. The minimum atomic E-state index is -0.256. The Morgan fingerprint density at radius 2 is 1.47 bits per heavy atom. The zero-order valence-electron chi connectivity index (χ0n) is 19.7. The van der Waals surface area contributed by atoms with Crippen LogP contribution < -0.4 is 20.1 Å². The molecule has 178 valence electrons. The molecule has 3 aromatic rings. The fourth-order valence-electron chi connectivity index (χ4n) is 3.34. The average Bonchev–Trinajstić information content (AvgIpc) is 2.82. The van der Waals surface area contributed by atoms with Gasteiger partial charge in [-0.1, -0.05) is 48.0 Å². The molecule has 0 bridgehead atoms. The average molecular weight is 479 g/mol. The maximum atomic E-state index is 12.7. The van der Waals surface area contributed by atoms with Crippen molar-refractivity contribution >= 4 is 35.0 Å². The van der Waals surface area contributed by atoms with Crippen LogP contribution in [0.15, 0.2) is 66.7 Å². The first kappa shape index (κ1) is 25.2. The summed E-state index contributed by atoms with van der Waals surface area (Å²) in [5.74, 6) is 1.58. The number of amides is 2. The molecule has 0 radical (unpaired) electrons. The number of nitrogens with one attached hydrogen (secondary N) is 2. The van der Waals surface area contributed by atoms with Gasteiger partial charge in [0.2, 0.25) is 5.91 Å². The zero-order chi connectivity index (χ0) is 24.3. The summed E-state index contributed by atoms with van der Waals surface area (Å²) in [6.45, 7) is 6.59. The monoisotopic (exact) mass is 478 g/mol. The molecule has 7 heteroatoms. The van der Waals surface area contributed by atoms with Gasteiger partial charge in [0.1, 0.15) is 11.5 Å². The minimum Gasteiger partial charge on any atom is -0.492 e. The van der Waals surface area contributed by atoms with Crippen molar-refractivity contribution in [2.75, 3.05) is 29.6 Å². The SMILES string of the molecule is CCOc1cc(NC(=O)c2ccccc2)c(OCC)cc1NC(=O)CSCc1cccc(C)c1. The quantitative estimate of drug-likeness (QED) is 0.358. The van der Waals surface area contributed by atoms with Crippen LogP contribution in [0.4, 0.5) is 11.4 Å². The summed E-state index contributed by atoms with van der Waals surface area (Å²) in [5, 5.41) is 5.81. The molecule has 2 N–H and O–H groups in total. The highest BCUT2D eigenvalue weighted by molar-refractivity contribution is 7.99. The van der Waals surface area contributed by atoms with Crippen molar-refractivity contribution in [2.45, 2.75) is 26.5 Å². The van der Waals surface area contributed by atoms with E-state index in [1.54, 1.807) is 48.2 Å². The van der Waals surface area contributed by atoms with Crippen molar-refractivity contribution in [2.24, 2.45) is 0 Å². The lowest BCUT2D eigenvalue weighted by Crippen LogP contribution is -2.17. The molecular formula is C27H30N2O4S. The number of thioether (sulfide) groups is 1. The summed E-state index contributed by atoms with van der Waals surface area (Å²) in [6, 6.07) is 20.6. The first-order valence-electron chi connectivity index (χ1n) is 11.2. The highest BCUT2D eigenvalue weighted by atomic mass is 32.2. The van der Waals surface area contributed by atoms with Gasteiger partial charge in [-0.25, -0.2) is 0 Å². The molecule has 0 aliphatic rings. The molecule has 0 aromatic heterocycles. The molecule has 0 atom stereocenters. The number of benzene rings is 3. The molecule has 0 heterocycles. The predicted molar refractivity (Wildman–Crippen MR) is 139 cm³/mol. The fourth-order valence-corrected chi connectivity index (χ4v) is 4.11. The van der Waals surface area contributed by atoms with E-state index in [0.29, 0.717) is 47.4 Å². The Balaban J connectivity index is 1.73. The van der Waals surface area contributed by atoms with Crippen molar-refractivity contribution < 1.29 is 19.1 Å². The van der Waals surface area contributed by atoms with Crippen LogP contribution in [0.5, 0.6) is 11.5 Å². The van der Waals surface area contributed by atoms with E-state index in [1.807, 2.05) is 26.0 Å². The van der Waals surface area contributed by atoms with Gasteiger partial charge in [-0.15, -0.1) is 11.8 Å². The smallest absolute Gasteiger partial charge is 0.255 e. The molecule has 0 spiro atoms. The number of hydrogen-bond donors (Lipinski definition) is 2. The van der Waals surface area contributed by atoms with E-state index >= 15 is 0 Å². The first-order chi connectivity index (χ1) is 16.5. The summed E-state index contributed by atoms with van der Waals surface area (Å²) < 4.78 is 11.5. The largest absolute Gasteiger partial charge is 0.492 e. The highest BCUT2D eigenvalue weighted by Gasteiger charge is 2.17. The van der Waals surface area contributed by atoms with E-state index < -0.39 is 0 Å². The van der Waals surface area contributed by atoms with Gasteiger partial charge in [0.15, 0.2) is 0 Å². The van der Waals surface area contributed by atoms with Crippen LogP contribution in [-0.4, -0.2) is 30.8 Å². The van der Waals surface area contributed by atoms with E-state index in [2.05, 4.69) is 35.8 Å². The molecule has 0 fully saturated rings. The lowest BCUT2D eigenvalue weighted by Gasteiger charge is -2.18. The predicted octanol–water partition coefficient (Wildman–Crippen LogP) is 5.92. The van der Waals surface area contributed by atoms with Crippen LogP contribution in [0, 0.1) is 6.92 Å². The molecule has 0 aliphatic carbocycles. The minimum absolute atomic E-state index is 0.137. The van der Waals surface area contributed by atoms with Crippen molar-refractivity contribution in [1.82, 2.24) is 0 Å². The number of hydrogen-bond acceptors (Lipinski definition) is 5. The Morgan fingerprint density at radius 1 is 0.824 bits per heavy atom. The zero-order valence-corrected chi connectivity index (χ0v) is 20.5. The van der Waals surface area contributed by atoms with Crippen LogP contribution in [0.3, 0.4) is 0 Å². The maximum absolute atomic E-state index is 12.7. The van der Waals surface area contributed by atoms with Crippen molar-refractivity contribution in [3.63, 3.8) is 0 Å².